The summed E-state index contributed by atoms with van der Waals surface area (Å²) in [5.41, 5.74) is -0.289. The zero-order chi connectivity index (χ0) is 14.8. The van der Waals surface area contributed by atoms with Crippen LogP contribution in [0.25, 0.3) is 10.8 Å². The van der Waals surface area contributed by atoms with Crippen molar-refractivity contribution in [3.63, 3.8) is 0 Å². The molecule has 106 valence electrons. The second-order valence-corrected chi connectivity index (χ2v) is 5.40. The molecule has 0 aromatic heterocycles. The van der Waals surface area contributed by atoms with E-state index in [1.807, 2.05) is 30.3 Å². The van der Waals surface area contributed by atoms with E-state index in [1.54, 1.807) is 19.9 Å². The largest absolute Gasteiger partial charge is 0.492 e. The Kier molecular flexibility index (Phi) is 3.95. The average molecular weight is 274 g/mol. The molecule has 0 aliphatic carbocycles. The number of carboxylic acid groups (broad SMARTS) is 1. The first kappa shape index (κ1) is 14.3. The quantitative estimate of drug-likeness (QED) is 0.879. The third-order valence-electron chi connectivity index (χ3n) is 3.32. The van der Waals surface area contributed by atoms with Gasteiger partial charge in [0.2, 0.25) is 0 Å². The van der Waals surface area contributed by atoms with Crippen molar-refractivity contribution in [3.05, 3.63) is 42.0 Å². The Hall–Kier alpha value is -2.07. The Balaban J connectivity index is 2.33. The van der Waals surface area contributed by atoms with E-state index in [0.29, 0.717) is 11.3 Å². The van der Waals surface area contributed by atoms with Crippen LogP contribution in [0.15, 0.2) is 36.4 Å². The Morgan fingerprint density at radius 1 is 1.20 bits per heavy atom. The molecule has 0 fully saturated rings. The summed E-state index contributed by atoms with van der Waals surface area (Å²) in [6.45, 7) is 3.11. The lowest BCUT2D eigenvalue weighted by molar-refractivity contribution is -0.148. The van der Waals surface area contributed by atoms with Crippen molar-refractivity contribution in [2.24, 2.45) is 5.41 Å². The van der Waals surface area contributed by atoms with Gasteiger partial charge in [-0.1, -0.05) is 30.3 Å². The second kappa shape index (κ2) is 5.51. The number of ether oxygens (including phenoxy) is 1. The summed E-state index contributed by atoms with van der Waals surface area (Å²) in [5.74, 6) is -0.385. The van der Waals surface area contributed by atoms with Gasteiger partial charge in [0.15, 0.2) is 0 Å². The first-order chi connectivity index (χ1) is 9.45. The molecule has 0 aliphatic rings. The molecule has 2 rings (SSSR count). The van der Waals surface area contributed by atoms with Gasteiger partial charge >= 0.3 is 5.97 Å². The zero-order valence-corrected chi connectivity index (χ0v) is 11.6. The summed E-state index contributed by atoms with van der Waals surface area (Å²) in [6.07, 6.45) is 0. The normalized spacial score (nSPS) is 11.6. The highest BCUT2D eigenvalue weighted by molar-refractivity contribution is 5.87. The Morgan fingerprint density at radius 3 is 2.55 bits per heavy atom. The van der Waals surface area contributed by atoms with Crippen molar-refractivity contribution in [1.29, 1.82) is 0 Å². The van der Waals surface area contributed by atoms with Crippen molar-refractivity contribution in [2.75, 3.05) is 6.61 Å². The topological polar surface area (TPSA) is 66.8 Å². The predicted molar refractivity (Wildman–Crippen MR) is 76.8 cm³/mol. The van der Waals surface area contributed by atoms with Crippen LogP contribution in [0.1, 0.15) is 19.4 Å². The molecule has 0 atom stereocenters. The monoisotopic (exact) mass is 274 g/mol. The maximum Gasteiger partial charge on any atom is 0.312 e. The number of carboxylic acids is 1. The van der Waals surface area contributed by atoms with Crippen molar-refractivity contribution < 1.29 is 19.7 Å². The van der Waals surface area contributed by atoms with E-state index < -0.39 is 11.4 Å². The molecular formula is C16H18O4. The van der Waals surface area contributed by atoms with Crippen LogP contribution >= 0.6 is 0 Å². The van der Waals surface area contributed by atoms with Crippen LogP contribution < -0.4 is 4.74 Å². The summed E-state index contributed by atoms with van der Waals surface area (Å²) >= 11 is 0. The van der Waals surface area contributed by atoms with Gasteiger partial charge in [-0.05, 0) is 30.7 Å². The molecule has 0 heterocycles. The maximum absolute atomic E-state index is 11.1. The number of carbonyl (C=O) groups is 1. The van der Waals surface area contributed by atoms with Gasteiger partial charge in [0, 0.05) is 5.56 Å². The van der Waals surface area contributed by atoms with E-state index in [9.17, 15) is 9.90 Å². The lowest BCUT2D eigenvalue weighted by Crippen LogP contribution is -2.30. The number of benzene rings is 2. The molecule has 0 radical (unpaired) electrons. The van der Waals surface area contributed by atoms with Crippen LogP contribution in [0.5, 0.6) is 5.75 Å². The molecule has 0 spiro atoms. The summed E-state index contributed by atoms with van der Waals surface area (Å²) < 4.78 is 5.62. The highest BCUT2D eigenvalue weighted by Gasteiger charge is 2.28. The highest BCUT2D eigenvalue weighted by atomic mass is 16.5. The van der Waals surface area contributed by atoms with Gasteiger partial charge in [-0.3, -0.25) is 4.79 Å². The molecule has 0 amide bonds. The lowest BCUT2D eigenvalue weighted by Gasteiger charge is -2.21. The summed E-state index contributed by atoms with van der Waals surface area (Å²) in [4.78, 5) is 11.1. The number of aliphatic hydroxyl groups is 1. The van der Waals surface area contributed by atoms with E-state index in [4.69, 9.17) is 9.84 Å². The summed E-state index contributed by atoms with van der Waals surface area (Å²) in [6, 6.07) is 11.4. The SMILES string of the molecule is CC(C)(COc1ccc2ccccc2c1CO)C(=O)O. The third kappa shape index (κ3) is 2.75. The van der Waals surface area contributed by atoms with Crippen LogP contribution in [0, 0.1) is 5.41 Å². The molecule has 0 bridgehead atoms. The summed E-state index contributed by atoms with van der Waals surface area (Å²) in [5, 5.41) is 20.6. The van der Waals surface area contributed by atoms with Crippen LogP contribution in [0.4, 0.5) is 0 Å². The van der Waals surface area contributed by atoms with Crippen molar-refractivity contribution >= 4 is 16.7 Å². The lowest BCUT2D eigenvalue weighted by atomic mass is 9.95. The molecular weight excluding hydrogens is 256 g/mol. The molecule has 2 aromatic rings. The number of fused-ring (bicyclic) bond motifs is 1. The third-order valence-corrected chi connectivity index (χ3v) is 3.32. The van der Waals surface area contributed by atoms with E-state index >= 15 is 0 Å². The van der Waals surface area contributed by atoms with E-state index in [2.05, 4.69) is 0 Å². The molecule has 2 aromatic carbocycles. The van der Waals surface area contributed by atoms with Crippen LogP contribution in [-0.4, -0.2) is 22.8 Å². The van der Waals surface area contributed by atoms with E-state index in [1.165, 1.54) is 0 Å². The average Bonchev–Trinajstić information content (AvgIpc) is 2.44. The molecule has 0 saturated heterocycles. The first-order valence-electron chi connectivity index (χ1n) is 6.43. The number of hydrogen-bond donors (Lipinski definition) is 2. The second-order valence-electron chi connectivity index (χ2n) is 5.40. The maximum atomic E-state index is 11.1. The van der Waals surface area contributed by atoms with Crippen molar-refractivity contribution in [1.82, 2.24) is 0 Å². The predicted octanol–water partition coefficient (Wildman–Crippen LogP) is 2.82. The molecule has 20 heavy (non-hydrogen) atoms. The van der Waals surface area contributed by atoms with E-state index in [-0.39, 0.29) is 13.2 Å². The first-order valence-corrected chi connectivity index (χ1v) is 6.43. The van der Waals surface area contributed by atoms with Gasteiger partial charge in [0.1, 0.15) is 12.4 Å². The van der Waals surface area contributed by atoms with Crippen molar-refractivity contribution in [2.45, 2.75) is 20.5 Å². The molecule has 0 saturated carbocycles. The Labute approximate surface area is 117 Å². The van der Waals surface area contributed by atoms with Gasteiger partial charge in [-0.2, -0.15) is 0 Å². The fourth-order valence-corrected chi connectivity index (χ4v) is 1.93. The number of rotatable bonds is 5. The van der Waals surface area contributed by atoms with Crippen molar-refractivity contribution in [3.8, 4) is 5.75 Å². The fourth-order valence-electron chi connectivity index (χ4n) is 1.93. The van der Waals surface area contributed by atoms with Crippen LogP contribution in [0.2, 0.25) is 0 Å². The number of hydrogen-bond acceptors (Lipinski definition) is 3. The zero-order valence-electron chi connectivity index (χ0n) is 11.6. The summed E-state index contributed by atoms with van der Waals surface area (Å²) in [7, 11) is 0. The molecule has 4 nitrogen and oxygen atoms in total. The molecule has 0 aliphatic heterocycles. The van der Waals surface area contributed by atoms with Gasteiger partial charge < -0.3 is 14.9 Å². The van der Waals surface area contributed by atoms with Gasteiger partial charge in [-0.25, -0.2) is 0 Å². The standard InChI is InChI=1S/C16H18O4/c1-16(2,15(18)19)10-20-14-8-7-11-5-3-4-6-12(11)13(14)9-17/h3-8,17H,9-10H2,1-2H3,(H,18,19). The Morgan fingerprint density at radius 2 is 1.90 bits per heavy atom. The molecule has 2 N–H and O–H groups in total. The minimum absolute atomic E-state index is 0.0493. The fraction of sp³-hybridized carbons (Fsp3) is 0.312. The minimum Gasteiger partial charge on any atom is -0.492 e. The number of aliphatic hydroxyl groups excluding tert-OH is 1. The smallest absolute Gasteiger partial charge is 0.312 e. The minimum atomic E-state index is -0.974. The highest BCUT2D eigenvalue weighted by Crippen LogP contribution is 2.29. The van der Waals surface area contributed by atoms with Gasteiger partial charge in [-0.15, -0.1) is 0 Å². The molecule has 4 heteroatoms. The van der Waals surface area contributed by atoms with Gasteiger partial charge in [0.25, 0.3) is 0 Å². The number of aliphatic carboxylic acids is 1. The van der Waals surface area contributed by atoms with Crippen LogP contribution in [-0.2, 0) is 11.4 Å². The van der Waals surface area contributed by atoms with Crippen LogP contribution in [0.3, 0.4) is 0 Å². The Bertz CT molecular complexity index is 631. The molecule has 0 unspecified atom stereocenters. The van der Waals surface area contributed by atoms with E-state index in [0.717, 1.165) is 10.8 Å². The van der Waals surface area contributed by atoms with Gasteiger partial charge in [0.05, 0.1) is 12.0 Å².